The molecule has 0 spiro atoms. The first-order valence-electron chi connectivity index (χ1n) is 2.25. The quantitative estimate of drug-likeness (QED) is 0.379. The molecule has 0 aromatic carbocycles. The van der Waals surface area contributed by atoms with Crippen LogP contribution in [-0.4, -0.2) is 23.7 Å². The van der Waals surface area contributed by atoms with E-state index < -0.39 is 5.97 Å². The molecule has 0 aliphatic carbocycles. The predicted octanol–water partition coefficient (Wildman–Crippen LogP) is -0.861. The minimum absolute atomic E-state index is 0.300. The van der Waals surface area contributed by atoms with Crippen LogP contribution in [0.1, 0.15) is 6.92 Å². The fourth-order valence-corrected chi connectivity index (χ4v) is 0.229. The molecule has 0 saturated heterocycles. The van der Waals surface area contributed by atoms with Crippen molar-refractivity contribution >= 4 is 11.9 Å². The van der Waals surface area contributed by atoms with Gasteiger partial charge in [-0.25, -0.2) is 4.79 Å². The van der Waals surface area contributed by atoms with Gasteiger partial charge >= 0.3 is 5.97 Å². The molecule has 0 fully saturated rings. The summed E-state index contributed by atoms with van der Waals surface area (Å²) in [6.07, 6.45) is 0. The molecule has 0 atom stereocenters. The van der Waals surface area contributed by atoms with E-state index in [0.717, 1.165) is 0 Å². The van der Waals surface area contributed by atoms with E-state index in [0.29, 0.717) is 0 Å². The van der Waals surface area contributed by atoms with Crippen molar-refractivity contribution in [3.63, 3.8) is 0 Å². The third-order valence-electron chi connectivity index (χ3n) is 0.583. The summed E-state index contributed by atoms with van der Waals surface area (Å²) in [7, 11) is 0. The molecule has 5 heteroatoms. The van der Waals surface area contributed by atoms with Crippen molar-refractivity contribution in [1.82, 2.24) is 5.32 Å². The van der Waals surface area contributed by atoms with Gasteiger partial charge in [-0.3, -0.25) is 9.68 Å². The van der Waals surface area contributed by atoms with Gasteiger partial charge in [0.15, 0.2) is 0 Å². The number of rotatable bonds is 2. The summed E-state index contributed by atoms with van der Waals surface area (Å²) in [5.74, 6) is -1.23. The van der Waals surface area contributed by atoms with Crippen molar-refractivity contribution in [2.75, 3.05) is 6.54 Å². The zero-order chi connectivity index (χ0) is 7.28. The molecule has 1 amide bonds. The summed E-state index contributed by atoms with van der Waals surface area (Å²) in [6, 6.07) is 0. The van der Waals surface area contributed by atoms with Gasteiger partial charge < -0.3 is 5.32 Å². The second-order valence-corrected chi connectivity index (χ2v) is 1.37. The van der Waals surface area contributed by atoms with Crippen molar-refractivity contribution in [1.29, 1.82) is 0 Å². The van der Waals surface area contributed by atoms with Crippen molar-refractivity contribution in [2.45, 2.75) is 6.92 Å². The zero-order valence-electron chi connectivity index (χ0n) is 4.88. The topological polar surface area (TPSA) is 75.6 Å². The Labute approximate surface area is 51.5 Å². The van der Waals surface area contributed by atoms with Crippen LogP contribution >= 0.6 is 0 Å². The molecule has 0 aromatic rings. The van der Waals surface area contributed by atoms with E-state index in [4.69, 9.17) is 5.26 Å². The molecule has 0 aromatic heterocycles. The fourth-order valence-electron chi connectivity index (χ4n) is 0.229. The molecule has 0 unspecified atom stereocenters. The Kier molecular flexibility index (Phi) is 3.38. The van der Waals surface area contributed by atoms with Crippen LogP contribution in [-0.2, 0) is 14.5 Å². The minimum atomic E-state index is -0.884. The summed E-state index contributed by atoms with van der Waals surface area (Å²) in [5.41, 5.74) is 0. The van der Waals surface area contributed by atoms with Gasteiger partial charge in [-0.1, -0.05) is 0 Å². The average molecular weight is 133 g/mol. The highest BCUT2D eigenvalue weighted by Crippen LogP contribution is 1.68. The molecule has 0 heterocycles. The smallest absolute Gasteiger partial charge is 0.345 e. The van der Waals surface area contributed by atoms with Crippen LogP contribution in [0.2, 0.25) is 0 Å². The van der Waals surface area contributed by atoms with Gasteiger partial charge in [-0.15, -0.1) is 0 Å². The first kappa shape index (κ1) is 7.90. The van der Waals surface area contributed by atoms with Gasteiger partial charge in [-0.05, 0) is 0 Å². The lowest BCUT2D eigenvalue weighted by Crippen LogP contribution is -2.27. The summed E-state index contributed by atoms with van der Waals surface area (Å²) in [4.78, 5) is 23.3. The maximum absolute atomic E-state index is 10.1. The Morgan fingerprint density at radius 1 is 1.67 bits per heavy atom. The van der Waals surface area contributed by atoms with Crippen molar-refractivity contribution < 1.29 is 19.7 Å². The third-order valence-corrected chi connectivity index (χ3v) is 0.583. The Hall–Kier alpha value is -1.10. The first-order chi connectivity index (χ1) is 4.16. The van der Waals surface area contributed by atoms with E-state index in [1.54, 1.807) is 0 Å². The van der Waals surface area contributed by atoms with Crippen LogP contribution in [0.4, 0.5) is 0 Å². The lowest BCUT2D eigenvalue weighted by atomic mass is 10.6. The minimum Gasteiger partial charge on any atom is -0.345 e. The largest absolute Gasteiger partial charge is 0.360 e. The van der Waals surface area contributed by atoms with E-state index >= 15 is 0 Å². The summed E-state index contributed by atoms with van der Waals surface area (Å²) in [6.45, 7) is 0.955. The van der Waals surface area contributed by atoms with Crippen LogP contribution < -0.4 is 5.32 Å². The van der Waals surface area contributed by atoms with Crippen LogP contribution in [0, 0.1) is 0 Å². The highest BCUT2D eigenvalue weighted by Gasteiger charge is 2.00. The first-order valence-corrected chi connectivity index (χ1v) is 2.25. The fraction of sp³-hybridized carbons (Fsp3) is 0.500. The van der Waals surface area contributed by atoms with E-state index in [1.165, 1.54) is 6.92 Å². The van der Waals surface area contributed by atoms with Crippen molar-refractivity contribution in [3.05, 3.63) is 0 Å². The predicted molar refractivity (Wildman–Crippen MR) is 27.4 cm³/mol. The number of carbonyl (C=O) groups is 2. The van der Waals surface area contributed by atoms with Crippen molar-refractivity contribution in [2.24, 2.45) is 0 Å². The number of nitrogens with one attached hydrogen (secondary N) is 1. The zero-order valence-corrected chi connectivity index (χ0v) is 4.88. The van der Waals surface area contributed by atoms with Gasteiger partial charge in [0.05, 0.1) is 0 Å². The average Bonchev–Trinajstić information content (AvgIpc) is 1.83. The standard InChI is InChI=1S/C4H7NO4/c1-3(6)5-2-4(7)9-8/h8H,2H2,1H3,(H,5,6). The van der Waals surface area contributed by atoms with Gasteiger partial charge in [0.2, 0.25) is 5.91 Å². The second kappa shape index (κ2) is 3.85. The summed E-state index contributed by atoms with van der Waals surface area (Å²) >= 11 is 0. The SMILES string of the molecule is CC(=O)NCC(=O)OO. The molecule has 0 aliphatic heterocycles. The molecule has 0 saturated carbocycles. The molecule has 0 radical (unpaired) electrons. The highest BCUT2D eigenvalue weighted by atomic mass is 17.1. The molecular formula is C4H7NO4. The van der Waals surface area contributed by atoms with E-state index in [-0.39, 0.29) is 12.5 Å². The molecule has 9 heavy (non-hydrogen) atoms. The molecule has 0 aliphatic rings. The number of hydrogen-bond donors (Lipinski definition) is 2. The number of carbonyl (C=O) groups excluding carboxylic acids is 2. The second-order valence-electron chi connectivity index (χ2n) is 1.37. The van der Waals surface area contributed by atoms with E-state index in [2.05, 4.69) is 10.2 Å². The van der Waals surface area contributed by atoms with Gasteiger partial charge in [-0.2, -0.15) is 5.26 Å². The Morgan fingerprint density at radius 2 is 2.22 bits per heavy atom. The molecule has 0 rings (SSSR count). The molecule has 5 nitrogen and oxygen atoms in total. The maximum Gasteiger partial charge on any atom is 0.360 e. The van der Waals surface area contributed by atoms with Crippen LogP contribution in [0.3, 0.4) is 0 Å². The molecule has 52 valence electrons. The Balaban J connectivity index is 3.28. The summed E-state index contributed by atoms with van der Waals surface area (Å²) in [5, 5.41) is 9.77. The number of amides is 1. The van der Waals surface area contributed by atoms with Gasteiger partial charge in [0.1, 0.15) is 6.54 Å². The summed E-state index contributed by atoms with van der Waals surface area (Å²) < 4.78 is 0. The molecule has 0 bridgehead atoms. The lowest BCUT2D eigenvalue weighted by molar-refractivity contribution is -0.233. The van der Waals surface area contributed by atoms with Crippen LogP contribution in [0.5, 0.6) is 0 Å². The van der Waals surface area contributed by atoms with Gasteiger partial charge in [0.25, 0.3) is 0 Å². The Bertz CT molecular complexity index is 122. The normalized spacial score (nSPS) is 8.22. The van der Waals surface area contributed by atoms with Crippen molar-refractivity contribution in [3.8, 4) is 0 Å². The van der Waals surface area contributed by atoms with E-state index in [1.807, 2.05) is 0 Å². The highest BCUT2D eigenvalue weighted by molar-refractivity contribution is 5.79. The van der Waals surface area contributed by atoms with Crippen LogP contribution in [0.15, 0.2) is 0 Å². The molecular weight excluding hydrogens is 126 g/mol. The van der Waals surface area contributed by atoms with Crippen LogP contribution in [0.25, 0.3) is 0 Å². The maximum atomic E-state index is 10.1. The third kappa shape index (κ3) is 4.76. The van der Waals surface area contributed by atoms with Gasteiger partial charge in [0, 0.05) is 6.92 Å². The van der Waals surface area contributed by atoms with E-state index in [9.17, 15) is 9.59 Å². The number of hydrogen-bond acceptors (Lipinski definition) is 4. The monoisotopic (exact) mass is 133 g/mol. The Morgan fingerprint density at radius 3 is 2.56 bits per heavy atom. The lowest BCUT2D eigenvalue weighted by Gasteiger charge is -1.95. The molecule has 2 N–H and O–H groups in total.